The SMILES string of the molecule is C=C(C)[C@@H]1CC[C@]2(C)CC[C@]3(C)C(CC[C@@]4(C)[C@@]3(C)CC[C@H]3C(C)(C)[C@@H](O)CC[C@@]34C)[C@@H]12. The van der Waals surface area contributed by atoms with Crippen molar-refractivity contribution in [2.24, 2.45) is 56.2 Å². The molecule has 0 radical (unpaired) electrons. The average molecular weight is 441 g/mol. The maximum atomic E-state index is 11.0. The standard InChI is InChI=1S/C31H52O/c1-20(2)21-10-14-27(5)18-19-28(6)22(25(21)27)11-16-31(9)29(7)15-13-24(32)26(3,4)23(29)12-17-30(28,31)8/h21-25,32H,1,10-19H2,2-9H3/t21-,22?,23-,24-,25+,27+,28+,29-,30-,31+/m0/s1. The summed E-state index contributed by atoms with van der Waals surface area (Å²) in [5.41, 5.74) is 3.54. The lowest BCUT2D eigenvalue weighted by molar-refractivity contribution is -0.290. The molecule has 0 aliphatic heterocycles. The van der Waals surface area contributed by atoms with Gasteiger partial charge in [-0.15, -0.1) is 0 Å². The molecule has 0 bridgehead atoms. The highest BCUT2D eigenvalue weighted by atomic mass is 16.3. The van der Waals surface area contributed by atoms with E-state index in [-0.39, 0.29) is 11.5 Å². The largest absolute Gasteiger partial charge is 0.393 e. The fourth-order valence-electron chi connectivity index (χ4n) is 11.9. The van der Waals surface area contributed by atoms with E-state index in [4.69, 9.17) is 0 Å². The molecule has 1 heteroatoms. The van der Waals surface area contributed by atoms with Crippen molar-refractivity contribution >= 4 is 0 Å². The van der Waals surface area contributed by atoms with Gasteiger partial charge in [0.05, 0.1) is 6.10 Å². The number of hydrogen-bond donors (Lipinski definition) is 1. The Hall–Kier alpha value is -0.300. The van der Waals surface area contributed by atoms with E-state index in [2.05, 4.69) is 62.0 Å². The van der Waals surface area contributed by atoms with Gasteiger partial charge in [-0.05, 0) is 127 Å². The molecular formula is C31H52O. The van der Waals surface area contributed by atoms with Gasteiger partial charge in [-0.25, -0.2) is 0 Å². The summed E-state index contributed by atoms with van der Waals surface area (Å²) in [5.74, 6) is 3.08. The van der Waals surface area contributed by atoms with Crippen molar-refractivity contribution in [3.05, 3.63) is 12.2 Å². The highest BCUT2D eigenvalue weighted by Gasteiger charge is 2.74. The van der Waals surface area contributed by atoms with Crippen LogP contribution in [0.2, 0.25) is 0 Å². The number of rotatable bonds is 1. The van der Waals surface area contributed by atoms with Gasteiger partial charge in [0.1, 0.15) is 0 Å². The average Bonchev–Trinajstić information content (AvgIpc) is 3.06. The zero-order chi connectivity index (χ0) is 23.5. The lowest BCUT2D eigenvalue weighted by atomic mass is 9.27. The third kappa shape index (κ3) is 2.46. The van der Waals surface area contributed by atoms with E-state index in [1.165, 1.54) is 63.4 Å². The molecule has 0 amide bonds. The van der Waals surface area contributed by atoms with E-state index >= 15 is 0 Å². The Kier molecular flexibility index (Phi) is 4.89. The maximum absolute atomic E-state index is 11.0. The van der Waals surface area contributed by atoms with Crippen molar-refractivity contribution in [2.45, 2.75) is 126 Å². The van der Waals surface area contributed by atoms with Crippen LogP contribution in [-0.2, 0) is 0 Å². The van der Waals surface area contributed by atoms with Crippen LogP contribution in [0.5, 0.6) is 0 Å². The van der Waals surface area contributed by atoms with Crippen LogP contribution >= 0.6 is 0 Å². The fraction of sp³-hybridized carbons (Fsp3) is 0.935. The quantitative estimate of drug-likeness (QED) is 0.406. The minimum absolute atomic E-state index is 0.0384. The Morgan fingerprint density at radius 1 is 0.719 bits per heavy atom. The fourth-order valence-corrected chi connectivity index (χ4v) is 11.9. The summed E-state index contributed by atoms with van der Waals surface area (Å²) in [6.45, 7) is 25.1. The molecule has 0 spiro atoms. The van der Waals surface area contributed by atoms with Gasteiger partial charge < -0.3 is 5.11 Å². The normalized spacial score (nSPS) is 58.8. The van der Waals surface area contributed by atoms with E-state index in [0.29, 0.717) is 33.0 Å². The monoisotopic (exact) mass is 440 g/mol. The second-order valence-corrected chi connectivity index (χ2v) is 15.3. The Morgan fingerprint density at radius 3 is 2.00 bits per heavy atom. The van der Waals surface area contributed by atoms with Crippen molar-refractivity contribution < 1.29 is 5.11 Å². The van der Waals surface area contributed by atoms with Crippen LogP contribution in [-0.4, -0.2) is 11.2 Å². The van der Waals surface area contributed by atoms with Gasteiger partial charge in [-0.3, -0.25) is 0 Å². The molecule has 5 aliphatic rings. The summed E-state index contributed by atoms with van der Waals surface area (Å²) in [4.78, 5) is 0. The third-order valence-electron chi connectivity index (χ3n) is 14.5. The van der Waals surface area contributed by atoms with Crippen LogP contribution in [0.4, 0.5) is 0 Å². The molecule has 5 rings (SSSR count). The van der Waals surface area contributed by atoms with Gasteiger partial charge in [0, 0.05) is 0 Å². The Morgan fingerprint density at radius 2 is 1.34 bits per heavy atom. The molecule has 0 saturated heterocycles. The van der Waals surface area contributed by atoms with Gasteiger partial charge in [0.15, 0.2) is 0 Å². The van der Waals surface area contributed by atoms with Crippen molar-refractivity contribution in [2.75, 3.05) is 0 Å². The molecule has 182 valence electrons. The van der Waals surface area contributed by atoms with Crippen LogP contribution in [0.25, 0.3) is 0 Å². The molecule has 0 aromatic heterocycles. The van der Waals surface area contributed by atoms with E-state index < -0.39 is 0 Å². The first-order chi connectivity index (χ1) is 14.7. The molecule has 0 aromatic carbocycles. The Balaban J connectivity index is 1.59. The van der Waals surface area contributed by atoms with E-state index in [9.17, 15) is 5.11 Å². The number of aliphatic hydroxyl groups excluding tert-OH is 1. The van der Waals surface area contributed by atoms with Crippen LogP contribution in [0, 0.1) is 56.2 Å². The van der Waals surface area contributed by atoms with Crippen LogP contribution in [0.1, 0.15) is 120 Å². The molecule has 32 heavy (non-hydrogen) atoms. The Labute approximate surface area is 199 Å². The second kappa shape index (κ2) is 6.67. The van der Waals surface area contributed by atoms with Gasteiger partial charge in [-0.2, -0.15) is 0 Å². The summed E-state index contributed by atoms with van der Waals surface area (Å²) in [5, 5.41) is 11.0. The summed E-state index contributed by atoms with van der Waals surface area (Å²) in [6.07, 6.45) is 13.2. The highest BCUT2D eigenvalue weighted by molar-refractivity contribution is 5.24. The zero-order valence-electron chi connectivity index (χ0n) is 22.6. The van der Waals surface area contributed by atoms with Crippen LogP contribution in [0.3, 0.4) is 0 Å². The molecule has 1 unspecified atom stereocenters. The predicted octanol–water partition coefficient (Wildman–Crippen LogP) is 8.41. The van der Waals surface area contributed by atoms with Gasteiger partial charge in [0.2, 0.25) is 0 Å². The molecule has 1 N–H and O–H groups in total. The van der Waals surface area contributed by atoms with E-state index in [1.807, 2.05) is 0 Å². The van der Waals surface area contributed by atoms with E-state index in [0.717, 1.165) is 24.2 Å². The van der Waals surface area contributed by atoms with Crippen molar-refractivity contribution in [1.29, 1.82) is 0 Å². The van der Waals surface area contributed by atoms with Gasteiger partial charge in [0.25, 0.3) is 0 Å². The van der Waals surface area contributed by atoms with Crippen LogP contribution < -0.4 is 0 Å². The predicted molar refractivity (Wildman–Crippen MR) is 135 cm³/mol. The van der Waals surface area contributed by atoms with Crippen LogP contribution in [0.15, 0.2) is 12.2 Å². The molecule has 1 nitrogen and oxygen atoms in total. The lowest BCUT2D eigenvalue weighted by Gasteiger charge is -2.77. The maximum Gasteiger partial charge on any atom is 0.0594 e. The first kappa shape index (κ1) is 23.4. The molecule has 10 atom stereocenters. The summed E-state index contributed by atoms with van der Waals surface area (Å²) in [7, 11) is 0. The summed E-state index contributed by atoms with van der Waals surface area (Å²) in [6, 6.07) is 0. The molecule has 5 saturated carbocycles. The molecule has 0 heterocycles. The Bertz CT molecular complexity index is 811. The third-order valence-corrected chi connectivity index (χ3v) is 14.5. The topological polar surface area (TPSA) is 20.2 Å². The van der Waals surface area contributed by atoms with Crippen molar-refractivity contribution in [1.82, 2.24) is 0 Å². The summed E-state index contributed by atoms with van der Waals surface area (Å²) < 4.78 is 0. The zero-order valence-corrected chi connectivity index (χ0v) is 22.6. The molecule has 5 aliphatic carbocycles. The number of hydrogen-bond acceptors (Lipinski definition) is 1. The van der Waals surface area contributed by atoms with Gasteiger partial charge >= 0.3 is 0 Å². The van der Waals surface area contributed by atoms with E-state index in [1.54, 1.807) is 0 Å². The smallest absolute Gasteiger partial charge is 0.0594 e. The number of aliphatic hydroxyl groups is 1. The second-order valence-electron chi connectivity index (χ2n) is 15.3. The van der Waals surface area contributed by atoms with Crippen molar-refractivity contribution in [3.8, 4) is 0 Å². The molecule has 5 fully saturated rings. The van der Waals surface area contributed by atoms with Gasteiger partial charge in [-0.1, -0.05) is 60.6 Å². The van der Waals surface area contributed by atoms with Crippen molar-refractivity contribution in [3.63, 3.8) is 0 Å². The highest BCUT2D eigenvalue weighted by Crippen LogP contribution is 2.81. The molecular weight excluding hydrogens is 388 g/mol. The first-order valence-electron chi connectivity index (χ1n) is 14.0. The number of allylic oxidation sites excluding steroid dienone is 1. The lowest BCUT2D eigenvalue weighted by Crippen LogP contribution is -2.70. The molecule has 0 aromatic rings. The minimum atomic E-state index is -0.134. The summed E-state index contributed by atoms with van der Waals surface area (Å²) >= 11 is 0. The minimum Gasteiger partial charge on any atom is -0.393 e. The number of fused-ring (bicyclic) bond motifs is 7. The first-order valence-corrected chi connectivity index (χ1v) is 14.0.